The van der Waals surface area contributed by atoms with Crippen LogP contribution in [0.2, 0.25) is 0 Å². The molecular formula is C11H10O3. The van der Waals surface area contributed by atoms with Crippen LogP contribution in [0.15, 0.2) is 22.6 Å². The van der Waals surface area contributed by atoms with E-state index in [0.29, 0.717) is 16.9 Å². The van der Waals surface area contributed by atoms with Crippen LogP contribution in [0.1, 0.15) is 16.1 Å². The number of carbonyl (C=O) groups excluding carboxylic acids is 1. The van der Waals surface area contributed by atoms with Crippen LogP contribution in [-0.2, 0) is 0 Å². The molecule has 1 aromatic heterocycles. The zero-order valence-electron chi connectivity index (χ0n) is 8.03. The number of ether oxygens (including phenoxy) is 1. The Hall–Kier alpha value is -1.77. The van der Waals surface area contributed by atoms with Gasteiger partial charge in [-0.3, -0.25) is 4.79 Å². The van der Waals surface area contributed by atoms with Gasteiger partial charge in [-0.2, -0.15) is 0 Å². The van der Waals surface area contributed by atoms with E-state index in [2.05, 4.69) is 0 Å². The second kappa shape index (κ2) is 3.18. The van der Waals surface area contributed by atoms with Crippen molar-refractivity contribution in [3.05, 3.63) is 29.5 Å². The summed E-state index contributed by atoms with van der Waals surface area (Å²) < 4.78 is 10.6. The molecule has 0 aliphatic heterocycles. The topological polar surface area (TPSA) is 39.4 Å². The average Bonchev–Trinajstić information content (AvgIpc) is 2.56. The van der Waals surface area contributed by atoms with Gasteiger partial charge in [-0.1, -0.05) is 6.07 Å². The molecule has 0 spiro atoms. The number of carbonyl (C=O) groups is 1. The molecule has 0 N–H and O–H groups in total. The van der Waals surface area contributed by atoms with Gasteiger partial charge in [0.1, 0.15) is 5.76 Å². The Labute approximate surface area is 81.3 Å². The number of rotatable bonds is 2. The first-order valence-electron chi connectivity index (χ1n) is 4.28. The lowest BCUT2D eigenvalue weighted by atomic mass is 10.1. The zero-order chi connectivity index (χ0) is 10.1. The normalized spacial score (nSPS) is 10.4. The van der Waals surface area contributed by atoms with E-state index in [4.69, 9.17) is 9.15 Å². The van der Waals surface area contributed by atoms with Crippen molar-refractivity contribution in [3.8, 4) is 5.75 Å². The Morgan fingerprint density at radius 2 is 2.21 bits per heavy atom. The van der Waals surface area contributed by atoms with Crippen molar-refractivity contribution in [1.29, 1.82) is 0 Å². The molecule has 0 saturated heterocycles. The lowest BCUT2D eigenvalue weighted by molar-refractivity contribution is 0.112. The van der Waals surface area contributed by atoms with E-state index < -0.39 is 0 Å². The first kappa shape index (κ1) is 8.81. The second-order valence-corrected chi connectivity index (χ2v) is 3.08. The number of aryl methyl sites for hydroxylation is 1. The fraction of sp³-hybridized carbons (Fsp3) is 0.182. The van der Waals surface area contributed by atoms with Crippen molar-refractivity contribution in [2.45, 2.75) is 6.92 Å². The third-order valence-corrected chi connectivity index (χ3v) is 2.13. The van der Waals surface area contributed by atoms with Crippen LogP contribution in [0.5, 0.6) is 5.75 Å². The Morgan fingerprint density at radius 3 is 2.86 bits per heavy atom. The summed E-state index contributed by atoms with van der Waals surface area (Å²) in [6.07, 6.45) is 0.760. The van der Waals surface area contributed by atoms with E-state index in [9.17, 15) is 4.79 Å². The molecule has 0 atom stereocenters. The molecule has 72 valence electrons. The highest BCUT2D eigenvalue weighted by molar-refractivity contribution is 5.93. The summed E-state index contributed by atoms with van der Waals surface area (Å²) in [4.78, 5) is 10.7. The predicted molar refractivity (Wildman–Crippen MR) is 52.9 cm³/mol. The van der Waals surface area contributed by atoms with Crippen molar-refractivity contribution in [3.63, 3.8) is 0 Å². The van der Waals surface area contributed by atoms with Crippen LogP contribution in [0.25, 0.3) is 11.0 Å². The van der Waals surface area contributed by atoms with Gasteiger partial charge in [0.15, 0.2) is 17.6 Å². The fourth-order valence-electron chi connectivity index (χ4n) is 1.52. The molecule has 14 heavy (non-hydrogen) atoms. The molecule has 1 aromatic carbocycles. The highest BCUT2D eigenvalue weighted by atomic mass is 16.5. The van der Waals surface area contributed by atoms with Gasteiger partial charge in [0.2, 0.25) is 0 Å². The minimum Gasteiger partial charge on any atom is -0.492 e. The molecule has 0 amide bonds. The molecule has 2 aromatic rings. The molecule has 0 unspecified atom stereocenters. The summed E-state index contributed by atoms with van der Waals surface area (Å²) in [7, 11) is 1.53. The van der Waals surface area contributed by atoms with Crippen LogP contribution < -0.4 is 4.74 Å². The van der Waals surface area contributed by atoms with Crippen molar-refractivity contribution >= 4 is 17.3 Å². The smallest absolute Gasteiger partial charge is 0.176 e. The minimum absolute atomic E-state index is 0.505. The molecule has 0 radical (unpaired) electrons. The summed E-state index contributed by atoms with van der Waals surface area (Å²) in [5, 5.41) is 0.949. The number of benzene rings is 1. The Bertz CT molecular complexity index is 482. The Balaban J connectivity index is 2.82. The van der Waals surface area contributed by atoms with E-state index in [1.807, 2.05) is 19.1 Å². The second-order valence-electron chi connectivity index (χ2n) is 3.08. The fourth-order valence-corrected chi connectivity index (χ4v) is 1.52. The number of hydrogen-bond donors (Lipinski definition) is 0. The van der Waals surface area contributed by atoms with E-state index in [1.165, 1.54) is 7.11 Å². The molecule has 3 nitrogen and oxygen atoms in total. The SMILES string of the molecule is COc1c(C=O)ccc2cc(C)oc12. The first-order chi connectivity index (χ1) is 6.76. The van der Waals surface area contributed by atoms with Gasteiger partial charge in [0.25, 0.3) is 0 Å². The maximum atomic E-state index is 10.7. The molecule has 0 bridgehead atoms. The highest BCUT2D eigenvalue weighted by Crippen LogP contribution is 2.30. The van der Waals surface area contributed by atoms with Crippen molar-refractivity contribution < 1.29 is 13.9 Å². The van der Waals surface area contributed by atoms with Gasteiger partial charge >= 0.3 is 0 Å². The number of hydrogen-bond acceptors (Lipinski definition) is 3. The average molecular weight is 190 g/mol. The highest BCUT2D eigenvalue weighted by Gasteiger charge is 2.11. The van der Waals surface area contributed by atoms with Gasteiger partial charge in [-0.15, -0.1) is 0 Å². The largest absolute Gasteiger partial charge is 0.492 e. The van der Waals surface area contributed by atoms with Crippen LogP contribution in [-0.4, -0.2) is 13.4 Å². The van der Waals surface area contributed by atoms with Gasteiger partial charge in [-0.25, -0.2) is 0 Å². The molecular weight excluding hydrogens is 180 g/mol. The molecule has 2 rings (SSSR count). The molecule has 0 saturated carbocycles. The van der Waals surface area contributed by atoms with E-state index >= 15 is 0 Å². The van der Waals surface area contributed by atoms with Gasteiger partial charge < -0.3 is 9.15 Å². The van der Waals surface area contributed by atoms with E-state index in [0.717, 1.165) is 17.4 Å². The van der Waals surface area contributed by atoms with Gasteiger partial charge in [0.05, 0.1) is 12.7 Å². The van der Waals surface area contributed by atoms with Crippen LogP contribution in [0.3, 0.4) is 0 Å². The molecule has 3 heteroatoms. The number of fused-ring (bicyclic) bond motifs is 1. The molecule has 0 aliphatic carbocycles. The number of furan rings is 1. The summed E-state index contributed by atoms with van der Waals surface area (Å²) in [6, 6.07) is 5.48. The number of aldehydes is 1. The van der Waals surface area contributed by atoms with Crippen LogP contribution in [0.4, 0.5) is 0 Å². The third-order valence-electron chi connectivity index (χ3n) is 2.13. The van der Waals surface area contributed by atoms with Crippen LogP contribution in [0, 0.1) is 6.92 Å². The summed E-state index contributed by atoms with van der Waals surface area (Å²) >= 11 is 0. The van der Waals surface area contributed by atoms with Crippen molar-refractivity contribution in [2.24, 2.45) is 0 Å². The minimum atomic E-state index is 0.505. The van der Waals surface area contributed by atoms with Crippen molar-refractivity contribution in [2.75, 3.05) is 7.11 Å². The lowest BCUT2D eigenvalue weighted by Crippen LogP contribution is -1.90. The standard InChI is InChI=1S/C11H10O3/c1-7-5-8-3-4-9(6-12)10(13-2)11(8)14-7/h3-6H,1-2H3. The predicted octanol–water partition coefficient (Wildman–Crippen LogP) is 2.56. The quantitative estimate of drug-likeness (QED) is 0.683. The van der Waals surface area contributed by atoms with Gasteiger partial charge in [0, 0.05) is 5.39 Å². The maximum absolute atomic E-state index is 10.7. The summed E-state index contributed by atoms with van der Waals surface area (Å²) in [5.74, 6) is 1.31. The summed E-state index contributed by atoms with van der Waals surface area (Å²) in [6.45, 7) is 1.86. The Kier molecular flexibility index (Phi) is 2.00. The third kappa shape index (κ3) is 1.18. The van der Waals surface area contributed by atoms with Crippen LogP contribution >= 0.6 is 0 Å². The maximum Gasteiger partial charge on any atom is 0.176 e. The van der Waals surface area contributed by atoms with Gasteiger partial charge in [-0.05, 0) is 19.1 Å². The molecule has 0 aliphatic rings. The van der Waals surface area contributed by atoms with Crippen molar-refractivity contribution in [1.82, 2.24) is 0 Å². The monoisotopic (exact) mass is 190 g/mol. The lowest BCUT2D eigenvalue weighted by Gasteiger charge is -2.02. The molecule has 0 fully saturated rings. The number of methoxy groups -OCH3 is 1. The zero-order valence-corrected chi connectivity index (χ0v) is 8.03. The molecule has 1 heterocycles. The first-order valence-corrected chi connectivity index (χ1v) is 4.28. The van der Waals surface area contributed by atoms with E-state index in [1.54, 1.807) is 6.07 Å². The Morgan fingerprint density at radius 1 is 1.43 bits per heavy atom. The summed E-state index contributed by atoms with van der Waals surface area (Å²) in [5.41, 5.74) is 1.14. The van der Waals surface area contributed by atoms with E-state index in [-0.39, 0.29) is 0 Å².